The van der Waals surface area contributed by atoms with Crippen LogP contribution in [0.5, 0.6) is 0 Å². The smallest absolute Gasteiger partial charge is 0.291 e. The second-order valence-electron chi connectivity index (χ2n) is 5.28. The van der Waals surface area contributed by atoms with Crippen molar-refractivity contribution in [1.29, 1.82) is 0 Å². The summed E-state index contributed by atoms with van der Waals surface area (Å²) >= 11 is 0. The van der Waals surface area contributed by atoms with E-state index in [0.717, 1.165) is 25.1 Å². The molecule has 1 amide bonds. The van der Waals surface area contributed by atoms with Crippen molar-refractivity contribution in [2.24, 2.45) is 5.92 Å². The molecule has 1 rings (SSSR count). The summed E-state index contributed by atoms with van der Waals surface area (Å²) in [5.74, 6) is 1.32. The van der Waals surface area contributed by atoms with Crippen molar-refractivity contribution in [1.82, 2.24) is 25.4 Å². The van der Waals surface area contributed by atoms with Crippen LogP contribution >= 0.6 is 0 Å². The van der Waals surface area contributed by atoms with E-state index in [1.807, 2.05) is 6.92 Å². The lowest BCUT2D eigenvalue weighted by molar-refractivity contribution is 0.0918. The molecule has 0 aliphatic rings. The first-order valence-corrected chi connectivity index (χ1v) is 7.39. The second-order valence-corrected chi connectivity index (χ2v) is 5.28. The Labute approximate surface area is 121 Å². The van der Waals surface area contributed by atoms with Crippen LogP contribution in [0, 0.1) is 5.92 Å². The van der Waals surface area contributed by atoms with Crippen LogP contribution in [0.2, 0.25) is 0 Å². The van der Waals surface area contributed by atoms with Crippen molar-refractivity contribution < 1.29 is 4.79 Å². The predicted octanol–water partition coefficient (Wildman–Crippen LogP) is 1.46. The Bertz CT molecular complexity index is 411. The molecule has 2 N–H and O–H groups in total. The molecule has 6 nitrogen and oxygen atoms in total. The minimum Gasteiger partial charge on any atom is -0.348 e. The molecule has 0 saturated heterocycles. The van der Waals surface area contributed by atoms with Gasteiger partial charge in [0.2, 0.25) is 5.82 Å². The molecule has 0 aliphatic heterocycles. The van der Waals surface area contributed by atoms with Gasteiger partial charge in [-0.3, -0.25) is 9.89 Å². The summed E-state index contributed by atoms with van der Waals surface area (Å²) in [6.45, 7) is 6.97. The van der Waals surface area contributed by atoms with Crippen LogP contribution in [0.25, 0.3) is 0 Å². The highest BCUT2D eigenvalue weighted by Gasteiger charge is 2.22. The van der Waals surface area contributed by atoms with Crippen molar-refractivity contribution in [3.63, 3.8) is 0 Å². The average Bonchev–Trinajstić information content (AvgIpc) is 2.91. The monoisotopic (exact) mass is 281 g/mol. The summed E-state index contributed by atoms with van der Waals surface area (Å²) in [6.07, 6.45) is 2.96. The lowest BCUT2D eigenvalue weighted by atomic mass is 9.93. The summed E-state index contributed by atoms with van der Waals surface area (Å²) in [5, 5.41) is 9.63. The zero-order valence-corrected chi connectivity index (χ0v) is 13.2. The summed E-state index contributed by atoms with van der Waals surface area (Å²) in [7, 11) is 4.11. The first-order valence-electron chi connectivity index (χ1n) is 7.39. The molecule has 1 atom stereocenters. The van der Waals surface area contributed by atoms with Crippen LogP contribution in [-0.4, -0.2) is 52.7 Å². The molecule has 0 aliphatic carbocycles. The maximum absolute atomic E-state index is 12.0. The van der Waals surface area contributed by atoms with E-state index < -0.39 is 0 Å². The third kappa shape index (κ3) is 4.30. The molecule has 0 bridgehead atoms. The molecule has 0 radical (unpaired) electrons. The summed E-state index contributed by atoms with van der Waals surface area (Å²) in [6, 6.07) is 0.332. The highest BCUT2D eigenvalue weighted by atomic mass is 16.2. The quantitative estimate of drug-likeness (QED) is 0.756. The summed E-state index contributed by atoms with van der Waals surface area (Å²) < 4.78 is 0. The number of amides is 1. The number of likely N-dealkylation sites (N-methyl/N-ethyl adjacent to an activating group) is 1. The Morgan fingerprint density at radius 2 is 1.95 bits per heavy atom. The van der Waals surface area contributed by atoms with Gasteiger partial charge in [-0.2, -0.15) is 0 Å². The molecule has 1 heterocycles. The number of aromatic nitrogens is 3. The van der Waals surface area contributed by atoms with E-state index in [1.54, 1.807) is 0 Å². The van der Waals surface area contributed by atoms with Gasteiger partial charge >= 0.3 is 0 Å². The Kier molecular flexibility index (Phi) is 6.64. The molecular weight excluding hydrogens is 254 g/mol. The van der Waals surface area contributed by atoms with E-state index in [2.05, 4.69) is 53.3 Å². The molecule has 0 fully saturated rings. The van der Waals surface area contributed by atoms with Crippen molar-refractivity contribution >= 4 is 5.91 Å². The minimum absolute atomic E-state index is 0.209. The van der Waals surface area contributed by atoms with Crippen LogP contribution in [0.15, 0.2) is 0 Å². The van der Waals surface area contributed by atoms with E-state index in [-0.39, 0.29) is 11.7 Å². The van der Waals surface area contributed by atoms with E-state index in [9.17, 15) is 4.79 Å². The third-order valence-corrected chi connectivity index (χ3v) is 3.80. The fraction of sp³-hybridized carbons (Fsp3) is 0.786. The summed E-state index contributed by atoms with van der Waals surface area (Å²) in [5.41, 5.74) is 0. The molecule has 1 unspecified atom stereocenters. The van der Waals surface area contributed by atoms with Crippen LogP contribution in [-0.2, 0) is 6.42 Å². The van der Waals surface area contributed by atoms with Gasteiger partial charge in [-0.25, -0.2) is 4.98 Å². The van der Waals surface area contributed by atoms with E-state index >= 15 is 0 Å². The van der Waals surface area contributed by atoms with Gasteiger partial charge in [-0.15, -0.1) is 5.10 Å². The Morgan fingerprint density at radius 3 is 2.40 bits per heavy atom. The van der Waals surface area contributed by atoms with E-state index in [1.165, 1.54) is 0 Å². The minimum atomic E-state index is -0.209. The zero-order valence-electron chi connectivity index (χ0n) is 13.2. The molecule has 0 aromatic carbocycles. The van der Waals surface area contributed by atoms with Gasteiger partial charge < -0.3 is 10.2 Å². The number of carbonyl (C=O) groups is 1. The first-order chi connectivity index (χ1) is 9.53. The number of aryl methyl sites for hydroxylation is 1. The highest BCUT2D eigenvalue weighted by Crippen LogP contribution is 2.16. The van der Waals surface area contributed by atoms with Crippen LogP contribution in [0.1, 0.15) is 50.1 Å². The largest absolute Gasteiger partial charge is 0.348 e. The molecule has 1 aromatic rings. The van der Waals surface area contributed by atoms with Gasteiger partial charge in [0.1, 0.15) is 5.82 Å². The second kappa shape index (κ2) is 7.99. The fourth-order valence-electron chi connectivity index (χ4n) is 2.44. The lowest BCUT2D eigenvalue weighted by Gasteiger charge is -2.31. The number of nitrogens with zero attached hydrogens (tertiary/aromatic N) is 3. The van der Waals surface area contributed by atoms with Gasteiger partial charge in [0.05, 0.1) is 0 Å². The predicted molar refractivity (Wildman–Crippen MR) is 79.6 cm³/mol. The number of hydrogen-bond acceptors (Lipinski definition) is 4. The van der Waals surface area contributed by atoms with Crippen molar-refractivity contribution in [3.8, 4) is 0 Å². The molecule has 20 heavy (non-hydrogen) atoms. The third-order valence-electron chi connectivity index (χ3n) is 3.80. The Morgan fingerprint density at radius 1 is 1.30 bits per heavy atom. The number of nitrogens with one attached hydrogen (secondary N) is 2. The number of rotatable bonds is 8. The van der Waals surface area contributed by atoms with Gasteiger partial charge in [-0.05, 0) is 20.0 Å². The first kappa shape index (κ1) is 16.6. The average molecular weight is 281 g/mol. The molecule has 114 valence electrons. The molecule has 0 saturated carbocycles. The van der Waals surface area contributed by atoms with Crippen LogP contribution in [0.4, 0.5) is 0 Å². The molecular formula is C14H27N5O. The van der Waals surface area contributed by atoms with Crippen LogP contribution < -0.4 is 5.32 Å². The molecule has 6 heteroatoms. The van der Waals surface area contributed by atoms with Gasteiger partial charge in [-0.1, -0.05) is 33.6 Å². The van der Waals surface area contributed by atoms with Crippen LogP contribution in [0.3, 0.4) is 0 Å². The van der Waals surface area contributed by atoms with Gasteiger partial charge in [0, 0.05) is 19.0 Å². The van der Waals surface area contributed by atoms with E-state index in [0.29, 0.717) is 18.5 Å². The fourth-order valence-corrected chi connectivity index (χ4v) is 2.44. The van der Waals surface area contributed by atoms with Gasteiger partial charge in [0.25, 0.3) is 5.91 Å². The van der Waals surface area contributed by atoms with Crippen molar-refractivity contribution in [2.75, 3.05) is 20.6 Å². The van der Waals surface area contributed by atoms with Gasteiger partial charge in [0.15, 0.2) is 0 Å². The lowest BCUT2D eigenvalue weighted by Crippen LogP contribution is -2.44. The zero-order chi connectivity index (χ0) is 15.1. The standard InChI is InChI=1S/C14H27N5O/c1-6-10(7-2)11(19(4)5)9-15-14(20)13-16-12(8-3)17-18-13/h10-11H,6-9H2,1-5H3,(H,15,20)(H,16,17,18). The Hall–Kier alpha value is -1.43. The number of aromatic amines is 1. The number of carbonyl (C=O) groups excluding carboxylic acids is 1. The topological polar surface area (TPSA) is 73.9 Å². The van der Waals surface area contributed by atoms with Crippen molar-refractivity contribution in [3.05, 3.63) is 11.6 Å². The highest BCUT2D eigenvalue weighted by molar-refractivity contribution is 5.90. The number of H-pyrrole nitrogens is 1. The number of hydrogen-bond donors (Lipinski definition) is 2. The van der Waals surface area contributed by atoms with E-state index in [4.69, 9.17) is 0 Å². The maximum atomic E-state index is 12.0. The van der Waals surface area contributed by atoms with Crippen molar-refractivity contribution in [2.45, 2.75) is 46.1 Å². The normalized spacial score (nSPS) is 12.9. The Balaban J connectivity index is 2.60. The summed E-state index contributed by atoms with van der Waals surface area (Å²) in [4.78, 5) is 18.3. The molecule has 1 aromatic heterocycles. The SMILES string of the molecule is CCc1nc(C(=O)NCC(C(CC)CC)N(C)C)n[nH]1. The molecule has 0 spiro atoms. The maximum Gasteiger partial charge on any atom is 0.291 e.